The fraction of sp³-hybridized carbons (Fsp3) is 0.700. The van der Waals surface area contributed by atoms with Gasteiger partial charge in [0.15, 0.2) is 0 Å². The van der Waals surface area contributed by atoms with Gasteiger partial charge in [0.1, 0.15) is 0 Å². The molecule has 0 radical (unpaired) electrons. The van der Waals surface area contributed by atoms with Crippen LogP contribution in [0.1, 0.15) is 6.42 Å². The highest BCUT2D eigenvalue weighted by atomic mass is 79.9. The summed E-state index contributed by atoms with van der Waals surface area (Å²) in [5.74, 6) is -0.472. The van der Waals surface area contributed by atoms with Gasteiger partial charge in [-0.05, 0) is 0 Å². The van der Waals surface area contributed by atoms with Crippen LogP contribution in [0.25, 0.3) is 0 Å². The molecule has 0 aliphatic carbocycles. The molecule has 0 spiro atoms. The summed E-state index contributed by atoms with van der Waals surface area (Å²) in [5.41, 5.74) is 0. The number of carbonyl (C=O) groups is 1. The second kappa shape index (κ2) is 7.22. The lowest BCUT2D eigenvalue weighted by atomic mass is 10.4. The highest BCUT2D eigenvalue weighted by Gasteiger charge is 2.24. The molecule has 1 N–H and O–H groups in total. The zero-order valence-corrected chi connectivity index (χ0v) is 12.4. The zero-order chi connectivity index (χ0) is 13.6. The Hall–Kier alpha value is -0.440. The van der Waals surface area contributed by atoms with Crippen molar-refractivity contribution in [1.82, 2.24) is 9.62 Å². The summed E-state index contributed by atoms with van der Waals surface area (Å²) in [6.45, 7) is 5.42. The molecule has 0 bridgehead atoms. The van der Waals surface area contributed by atoms with Crippen LogP contribution in [0.4, 0.5) is 0 Å². The highest BCUT2D eigenvalue weighted by molar-refractivity contribution is 9.11. The number of ether oxygens (including phenoxy) is 1. The van der Waals surface area contributed by atoms with Gasteiger partial charge in [0, 0.05) is 30.5 Å². The quantitative estimate of drug-likeness (QED) is 0.742. The average molecular weight is 341 g/mol. The number of sulfonamides is 1. The van der Waals surface area contributed by atoms with Gasteiger partial charge < -0.3 is 10.1 Å². The molecule has 0 aromatic carbocycles. The molecule has 0 aromatic heterocycles. The van der Waals surface area contributed by atoms with E-state index in [1.54, 1.807) is 0 Å². The molecule has 0 atom stereocenters. The standard InChI is InChI=1S/C10H17BrN2O4S/c1-9(11)8-12-10(14)2-7-18(15,16)13-3-5-17-6-4-13/h1-8H2,(H,12,14). The van der Waals surface area contributed by atoms with Gasteiger partial charge in [0.05, 0.1) is 19.0 Å². The predicted molar refractivity (Wildman–Crippen MR) is 71.9 cm³/mol. The Kier molecular flexibility index (Phi) is 6.27. The van der Waals surface area contributed by atoms with Crippen LogP contribution in [-0.4, -0.2) is 57.2 Å². The molecule has 1 aliphatic heterocycles. The van der Waals surface area contributed by atoms with Gasteiger partial charge in [-0.25, -0.2) is 8.42 Å². The maximum Gasteiger partial charge on any atom is 0.221 e. The normalized spacial score (nSPS) is 17.4. The van der Waals surface area contributed by atoms with E-state index in [-0.39, 0.29) is 18.1 Å². The first-order valence-electron chi connectivity index (χ1n) is 5.57. The first-order chi connectivity index (χ1) is 8.42. The molecule has 1 saturated heterocycles. The number of rotatable bonds is 6. The molecule has 104 valence electrons. The minimum Gasteiger partial charge on any atom is -0.379 e. The van der Waals surface area contributed by atoms with Gasteiger partial charge in [-0.2, -0.15) is 4.31 Å². The molecule has 1 amide bonds. The molecule has 1 aliphatic rings. The van der Waals surface area contributed by atoms with Crippen molar-refractivity contribution in [3.05, 3.63) is 11.1 Å². The third-order valence-electron chi connectivity index (χ3n) is 2.43. The van der Waals surface area contributed by atoms with Crippen LogP contribution in [0.5, 0.6) is 0 Å². The Morgan fingerprint density at radius 1 is 1.39 bits per heavy atom. The van der Waals surface area contributed by atoms with Gasteiger partial charge in [0.2, 0.25) is 15.9 Å². The van der Waals surface area contributed by atoms with Crippen LogP contribution < -0.4 is 5.32 Å². The summed E-state index contributed by atoms with van der Waals surface area (Å²) in [5, 5.41) is 2.56. The largest absolute Gasteiger partial charge is 0.379 e. The van der Waals surface area contributed by atoms with E-state index in [4.69, 9.17) is 4.74 Å². The highest BCUT2D eigenvalue weighted by Crippen LogP contribution is 2.07. The fourth-order valence-electron chi connectivity index (χ4n) is 1.46. The molecule has 6 nitrogen and oxygen atoms in total. The Morgan fingerprint density at radius 3 is 2.56 bits per heavy atom. The molecule has 18 heavy (non-hydrogen) atoms. The van der Waals surface area contributed by atoms with Crippen LogP contribution in [0.3, 0.4) is 0 Å². The van der Waals surface area contributed by atoms with Crippen molar-refractivity contribution in [3.63, 3.8) is 0 Å². The number of amides is 1. The van der Waals surface area contributed by atoms with E-state index in [0.29, 0.717) is 37.3 Å². The van der Waals surface area contributed by atoms with Crippen molar-refractivity contribution in [2.24, 2.45) is 0 Å². The fourth-order valence-corrected chi connectivity index (χ4v) is 3.01. The van der Waals surface area contributed by atoms with Gasteiger partial charge in [0.25, 0.3) is 0 Å². The zero-order valence-electron chi connectivity index (χ0n) is 10.0. The number of hydrogen-bond acceptors (Lipinski definition) is 4. The lowest BCUT2D eigenvalue weighted by molar-refractivity contribution is -0.120. The third-order valence-corrected chi connectivity index (χ3v) is 4.58. The molecule has 0 unspecified atom stereocenters. The molecule has 8 heteroatoms. The minimum absolute atomic E-state index is 0.0417. The average Bonchev–Trinajstić information content (AvgIpc) is 2.35. The van der Waals surface area contributed by atoms with Crippen LogP contribution in [0.2, 0.25) is 0 Å². The van der Waals surface area contributed by atoms with Gasteiger partial charge in [-0.3, -0.25) is 4.79 Å². The summed E-state index contributed by atoms with van der Waals surface area (Å²) in [6.07, 6.45) is -0.0417. The second-order valence-corrected chi connectivity index (χ2v) is 7.08. The first kappa shape index (κ1) is 15.6. The van der Waals surface area contributed by atoms with E-state index >= 15 is 0 Å². The van der Waals surface area contributed by atoms with E-state index in [0.717, 1.165) is 0 Å². The molecule has 1 heterocycles. The van der Waals surface area contributed by atoms with Gasteiger partial charge in [-0.1, -0.05) is 22.5 Å². The molecular weight excluding hydrogens is 324 g/mol. The smallest absolute Gasteiger partial charge is 0.221 e. The number of nitrogens with zero attached hydrogens (tertiary/aromatic N) is 1. The topological polar surface area (TPSA) is 75.7 Å². The van der Waals surface area contributed by atoms with E-state index in [1.807, 2.05) is 0 Å². The van der Waals surface area contributed by atoms with E-state index in [1.165, 1.54) is 4.31 Å². The SMILES string of the molecule is C=C(Br)CNC(=O)CCS(=O)(=O)N1CCOCC1. The summed E-state index contributed by atoms with van der Waals surface area (Å²) < 4.78 is 30.9. The second-order valence-electron chi connectivity index (χ2n) is 3.87. The molecule has 1 fully saturated rings. The molecular formula is C10H17BrN2O4S. The first-order valence-corrected chi connectivity index (χ1v) is 7.97. The van der Waals surface area contributed by atoms with E-state index in [9.17, 15) is 13.2 Å². The number of halogens is 1. The number of morpholine rings is 1. The predicted octanol–water partition coefficient (Wildman–Crippen LogP) is 0.0633. The molecule has 1 rings (SSSR count). The maximum atomic E-state index is 11.9. The third kappa shape index (κ3) is 5.47. The lowest BCUT2D eigenvalue weighted by Gasteiger charge is -2.25. The summed E-state index contributed by atoms with van der Waals surface area (Å²) in [4.78, 5) is 11.4. The van der Waals surface area contributed by atoms with E-state index in [2.05, 4.69) is 27.8 Å². The Morgan fingerprint density at radius 2 is 2.00 bits per heavy atom. The Balaban J connectivity index is 2.36. The number of nitrogens with one attached hydrogen (secondary N) is 1. The molecule has 0 aromatic rings. The number of hydrogen-bond donors (Lipinski definition) is 1. The Labute approximate surface area is 116 Å². The van der Waals surface area contributed by atoms with Crippen molar-refractivity contribution in [2.45, 2.75) is 6.42 Å². The van der Waals surface area contributed by atoms with Crippen LogP contribution in [0, 0.1) is 0 Å². The molecule has 0 saturated carbocycles. The monoisotopic (exact) mass is 340 g/mol. The van der Waals surface area contributed by atoms with Crippen molar-refractivity contribution in [3.8, 4) is 0 Å². The van der Waals surface area contributed by atoms with E-state index < -0.39 is 10.0 Å². The summed E-state index contributed by atoms with van der Waals surface area (Å²) >= 11 is 3.11. The minimum atomic E-state index is -3.36. The van der Waals surface area contributed by atoms with Crippen molar-refractivity contribution in [2.75, 3.05) is 38.6 Å². The number of carbonyl (C=O) groups excluding carboxylic acids is 1. The van der Waals surface area contributed by atoms with Crippen molar-refractivity contribution >= 4 is 31.9 Å². The van der Waals surface area contributed by atoms with Crippen LogP contribution >= 0.6 is 15.9 Å². The van der Waals surface area contributed by atoms with Crippen molar-refractivity contribution in [1.29, 1.82) is 0 Å². The van der Waals surface area contributed by atoms with Crippen LogP contribution in [-0.2, 0) is 19.6 Å². The maximum absolute atomic E-state index is 11.9. The van der Waals surface area contributed by atoms with Crippen molar-refractivity contribution < 1.29 is 17.9 Å². The van der Waals surface area contributed by atoms with Crippen LogP contribution in [0.15, 0.2) is 11.1 Å². The lowest BCUT2D eigenvalue weighted by Crippen LogP contribution is -2.42. The summed E-state index contributed by atoms with van der Waals surface area (Å²) in [6, 6.07) is 0. The van der Waals surface area contributed by atoms with Gasteiger partial charge >= 0.3 is 0 Å². The Bertz CT molecular complexity index is 404. The summed E-state index contributed by atoms with van der Waals surface area (Å²) in [7, 11) is -3.36. The van der Waals surface area contributed by atoms with Gasteiger partial charge in [-0.15, -0.1) is 0 Å².